The molecule has 194 valence electrons. The average Bonchev–Trinajstić information content (AvgIpc) is 3.50. The molecular weight excluding hydrogens is 480 g/mol. The van der Waals surface area contributed by atoms with Gasteiger partial charge in [0.25, 0.3) is 0 Å². The van der Waals surface area contributed by atoms with Gasteiger partial charge in [0.2, 0.25) is 17.7 Å². The largest absolute Gasteiger partial charge is 0.481 e. The van der Waals surface area contributed by atoms with Crippen molar-refractivity contribution in [3.63, 3.8) is 0 Å². The van der Waals surface area contributed by atoms with Crippen LogP contribution in [0, 0.1) is 0 Å². The van der Waals surface area contributed by atoms with E-state index in [1.807, 2.05) is 6.26 Å². The van der Waals surface area contributed by atoms with Crippen LogP contribution in [0.5, 0.6) is 0 Å². The molecule has 0 radical (unpaired) electrons. The van der Waals surface area contributed by atoms with Crippen LogP contribution in [0.2, 0.25) is 0 Å². The Labute approximate surface area is 206 Å². The number of hydrogen-bond acceptors (Lipinski definition) is 8. The minimum absolute atomic E-state index is 0.132. The number of nitrogens with zero attached hydrogens (tertiary/aromatic N) is 2. The maximum Gasteiger partial charge on any atom is 0.326 e. The molecule has 7 N–H and O–H groups in total. The van der Waals surface area contributed by atoms with Crippen molar-refractivity contribution >= 4 is 41.4 Å². The molecule has 2 heterocycles. The third-order valence-electron chi connectivity index (χ3n) is 5.66. The van der Waals surface area contributed by atoms with Gasteiger partial charge in [-0.05, 0) is 37.7 Å². The molecule has 4 atom stereocenters. The van der Waals surface area contributed by atoms with E-state index in [4.69, 9.17) is 10.8 Å². The van der Waals surface area contributed by atoms with E-state index in [9.17, 15) is 29.1 Å². The number of imidazole rings is 1. The lowest BCUT2D eigenvalue weighted by atomic mass is 10.1. The van der Waals surface area contributed by atoms with Crippen LogP contribution in [0.25, 0.3) is 0 Å². The molecule has 3 amide bonds. The van der Waals surface area contributed by atoms with Crippen molar-refractivity contribution in [2.24, 2.45) is 5.73 Å². The van der Waals surface area contributed by atoms with Crippen LogP contribution >= 0.6 is 11.8 Å². The summed E-state index contributed by atoms with van der Waals surface area (Å²) in [7, 11) is 0. The highest BCUT2D eigenvalue weighted by atomic mass is 32.2. The van der Waals surface area contributed by atoms with Crippen LogP contribution < -0.4 is 16.4 Å². The van der Waals surface area contributed by atoms with Crippen molar-refractivity contribution in [2.45, 2.75) is 62.7 Å². The lowest BCUT2D eigenvalue weighted by Crippen LogP contribution is -2.57. The van der Waals surface area contributed by atoms with E-state index in [2.05, 4.69) is 20.6 Å². The first-order valence-corrected chi connectivity index (χ1v) is 12.6. The molecule has 13 nitrogen and oxygen atoms in total. The zero-order valence-electron chi connectivity index (χ0n) is 19.4. The Kier molecular flexibility index (Phi) is 11.0. The van der Waals surface area contributed by atoms with Gasteiger partial charge in [-0.25, -0.2) is 9.78 Å². The third-order valence-corrected chi connectivity index (χ3v) is 6.30. The highest BCUT2D eigenvalue weighted by molar-refractivity contribution is 7.98. The lowest BCUT2D eigenvalue weighted by molar-refractivity contribution is -0.145. The van der Waals surface area contributed by atoms with Gasteiger partial charge in [0.1, 0.15) is 18.1 Å². The second-order valence-electron chi connectivity index (χ2n) is 8.25. The summed E-state index contributed by atoms with van der Waals surface area (Å²) in [5, 5.41) is 23.5. The maximum absolute atomic E-state index is 13.3. The van der Waals surface area contributed by atoms with E-state index in [1.54, 1.807) is 0 Å². The fourth-order valence-corrected chi connectivity index (χ4v) is 4.27. The molecule has 1 aliphatic rings. The molecule has 0 spiro atoms. The fraction of sp³-hybridized carbons (Fsp3) is 0.619. The number of aromatic amines is 1. The predicted molar refractivity (Wildman–Crippen MR) is 126 cm³/mol. The molecule has 2 rings (SSSR count). The fourth-order valence-electron chi connectivity index (χ4n) is 3.79. The second kappa shape index (κ2) is 13.7. The topological polar surface area (TPSA) is 208 Å². The molecule has 0 saturated carbocycles. The minimum atomic E-state index is -1.20. The van der Waals surface area contributed by atoms with Gasteiger partial charge in [0, 0.05) is 31.3 Å². The van der Waals surface area contributed by atoms with Crippen LogP contribution in [0.15, 0.2) is 12.5 Å². The minimum Gasteiger partial charge on any atom is -0.481 e. The number of carbonyl (C=O) groups is 5. The van der Waals surface area contributed by atoms with E-state index in [0.717, 1.165) is 0 Å². The number of thioether (sulfide) groups is 1. The van der Waals surface area contributed by atoms with Gasteiger partial charge in [-0.15, -0.1) is 0 Å². The van der Waals surface area contributed by atoms with Crippen LogP contribution in [0.4, 0.5) is 0 Å². The van der Waals surface area contributed by atoms with Gasteiger partial charge in [-0.1, -0.05) is 0 Å². The second-order valence-corrected chi connectivity index (χ2v) is 9.24. The van der Waals surface area contributed by atoms with E-state index < -0.39 is 53.8 Å². The van der Waals surface area contributed by atoms with E-state index >= 15 is 0 Å². The van der Waals surface area contributed by atoms with Crippen molar-refractivity contribution in [2.75, 3.05) is 18.6 Å². The Morgan fingerprint density at radius 1 is 1.23 bits per heavy atom. The zero-order valence-corrected chi connectivity index (χ0v) is 20.3. The number of amides is 3. The quantitative estimate of drug-likeness (QED) is 0.178. The van der Waals surface area contributed by atoms with Gasteiger partial charge in [-0.2, -0.15) is 11.8 Å². The number of carbonyl (C=O) groups excluding carboxylic acids is 3. The molecule has 1 fully saturated rings. The van der Waals surface area contributed by atoms with Crippen molar-refractivity contribution in [3.05, 3.63) is 18.2 Å². The number of nitrogens with one attached hydrogen (secondary N) is 3. The number of aliphatic carboxylic acids is 2. The Morgan fingerprint density at radius 2 is 1.97 bits per heavy atom. The molecule has 4 unspecified atom stereocenters. The highest BCUT2D eigenvalue weighted by Gasteiger charge is 2.39. The van der Waals surface area contributed by atoms with Crippen molar-refractivity contribution in [3.8, 4) is 0 Å². The molecular formula is C21H32N6O7S. The molecule has 1 saturated heterocycles. The van der Waals surface area contributed by atoms with E-state index in [0.29, 0.717) is 24.3 Å². The number of aromatic nitrogens is 2. The third kappa shape index (κ3) is 8.55. The Balaban J connectivity index is 2.10. The maximum atomic E-state index is 13.3. The van der Waals surface area contributed by atoms with Gasteiger partial charge in [0.15, 0.2) is 0 Å². The van der Waals surface area contributed by atoms with Gasteiger partial charge >= 0.3 is 11.9 Å². The average molecular weight is 513 g/mol. The summed E-state index contributed by atoms with van der Waals surface area (Å²) in [4.78, 5) is 69.4. The lowest BCUT2D eigenvalue weighted by Gasteiger charge is -2.29. The molecule has 1 aromatic heterocycles. The number of carboxylic acid groups (broad SMARTS) is 2. The molecule has 0 aliphatic carbocycles. The van der Waals surface area contributed by atoms with Gasteiger partial charge < -0.3 is 36.5 Å². The normalized spacial score (nSPS) is 17.9. The van der Waals surface area contributed by atoms with Gasteiger partial charge in [-0.3, -0.25) is 19.2 Å². The molecule has 1 aliphatic heterocycles. The van der Waals surface area contributed by atoms with Crippen LogP contribution in [-0.2, 0) is 30.4 Å². The summed E-state index contributed by atoms with van der Waals surface area (Å²) in [6.07, 6.45) is 5.40. The van der Waals surface area contributed by atoms with Crippen molar-refractivity contribution in [1.29, 1.82) is 0 Å². The molecule has 0 bridgehead atoms. The smallest absolute Gasteiger partial charge is 0.326 e. The monoisotopic (exact) mass is 512 g/mol. The van der Waals surface area contributed by atoms with Gasteiger partial charge in [0.05, 0.1) is 12.4 Å². The Morgan fingerprint density at radius 3 is 2.57 bits per heavy atom. The number of likely N-dealkylation sites (tertiary alicyclic amines) is 1. The van der Waals surface area contributed by atoms with Crippen LogP contribution in [-0.4, -0.2) is 97.5 Å². The standard InChI is InChI=1S/C21H32N6O7S/c1-35-8-6-15(21(33)34)26-19(31)16-3-2-7-27(16)20(32)14(4-5-17(28)29)25-18(30)13(22)9-12-10-23-11-24-12/h10-11,13-16H,2-9,22H2,1H3,(H,23,24)(H,25,30)(H,26,31)(H,28,29)(H,33,34). The number of nitrogens with two attached hydrogens (primary N) is 1. The summed E-state index contributed by atoms with van der Waals surface area (Å²) in [6.45, 7) is 0.221. The zero-order chi connectivity index (χ0) is 26.0. The summed E-state index contributed by atoms with van der Waals surface area (Å²) in [5.74, 6) is -3.63. The van der Waals surface area contributed by atoms with Crippen LogP contribution in [0.1, 0.15) is 37.8 Å². The first-order chi connectivity index (χ1) is 16.6. The summed E-state index contributed by atoms with van der Waals surface area (Å²) in [5.41, 5.74) is 6.56. The highest BCUT2D eigenvalue weighted by Crippen LogP contribution is 2.20. The summed E-state index contributed by atoms with van der Waals surface area (Å²) in [6, 6.07) is -4.22. The molecule has 0 aromatic carbocycles. The number of rotatable bonds is 14. The molecule has 35 heavy (non-hydrogen) atoms. The van der Waals surface area contributed by atoms with E-state index in [-0.39, 0.29) is 32.2 Å². The van der Waals surface area contributed by atoms with Crippen molar-refractivity contribution in [1.82, 2.24) is 25.5 Å². The molecule has 1 aromatic rings. The number of H-pyrrole nitrogens is 1. The first-order valence-electron chi connectivity index (χ1n) is 11.2. The SMILES string of the molecule is CSCCC(NC(=O)C1CCCN1C(=O)C(CCC(=O)O)NC(=O)C(N)Cc1cnc[nH]1)C(=O)O. The molecule has 14 heteroatoms. The Bertz CT molecular complexity index is 897. The predicted octanol–water partition coefficient (Wildman–Crippen LogP) is -1.06. The first kappa shape index (κ1) is 28.1. The van der Waals surface area contributed by atoms with Crippen LogP contribution in [0.3, 0.4) is 0 Å². The number of carboxylic acids is 2. The summed E-state index contributed by atoms with van der Waals surface area (Å²) < 4.78 is 0. The number of hydrogen-bond donors (Lipinski definition) is 6. The Hall–Kier alpha value is -3.13. The summed E-state index contributed by atoms with van der Waals surface area (Å²) >= 11 is 1.45. The van der Waals surface area contributed by atoms with Crippen molar-refractivity contribution < 1.29 is 34.2 Å². The van der Waals surface area contributed by atoms with E-state index in [1.165, 1.54) is 29.2 Å².